The van der Waals surface area contributed by atoms with Crippen LogP contribution in [0.15, 0.2) is 47.4 Å². The summed E-state index contributed by atoms with van der Waals surface area (Å²) in [5.74, 6) is 0.964. The quantitative estimate of drug-likeness (QED) is 0.456. The van der Waals surface area contributed by atoms with Crippen molar-refractivity contribution in [1.82, 2.24) is 5.32 Å². The van der Waals surface area contributed by atoms with Crippen LogP contribution in [-0.4, -0.2) is 32.9 Å². The molecule has 2 aromatic rings. The van der Waals surface area contributed by atoms with E-state index in [1.807, 2.05) is 13.0 Å². The highest BCUT2D eigenvalue weighted by Crippen LogP contribution is 2.62. The number of aryl methyl sites for hydroxylation is 2. The van der Waals surface area contributed by atoms with Gasteiger partial charge < -0.3 is 10.1 Å². The standard InChI is InChI=1S/C28H34N2O5S/c1-18-5-6-19(2)25(11-18)36(33,34)30(4)23-7-9-24(10-8-23)35-26(32)27-13-21-12-22(14-27)16-28(15-21,17-27)29-20(3)31/h5-11,21-22H,12-17H2,1-4H3,(H,29,31)/t21-,22-,27?,28?/m1/s1. The van der Waals surface area contributed by atoms with Crippen LogP contribution in [-0.2, 0) is 19.6 Å². The maximum atomic E-state index is 13.5. The molecule has 1 amide bonds. The maximum absolute atomic E-state index is 13.5. The fourth-order valence-electron chi connectivity index (χ4n) is 7.23. The van der Waals surface area contributed by atoms with Crippen molar-refractivity contribution in [2.45, 2.75) is 69.7 Å². The average Bonchev–Trinajstić information content (AvgIpc) is 2.79. The first kappa shape index (κ1) is 24.8. The molecule has 0 saturated heterocycles. The minimum atomic E-state index is -3.74. The van der Waals surface area contributed by atoms with Crippen molar-refractivity contribution in [2.75, 3.05) is 11.4 Å². The van der Waals surface area contributed by atoms with E-state index in [9.17, 15) is 18.0 Å². The number of carbonyl (C=O) groups excluding carboxylic acids is 2. The lowest BCUT2D eigenvalue weighted by atomic mass is 9.47. The van der Waals surface area contributed by atoms with E-state index >= 15 is 0 Å². The summed E-state index contributed by atoms with van der Waals surface area (Å²) in [4.78, 5) is 25.7. The van der Waals surface area contributed by atoms with Gasteiger partial charge in [-0.2, -0.15) is 0 Å². The number of amides is 1. The highest BCUT2D eigenvalue weighted by molar-refractivity contribution is 7.92. The summed E-state index contributed by atoms with van der Waals surface area (Å²) in [7, 11) is -2.21. The molecule has 6 rings (SSSR count). The van der Waals surface area contributed by atoms with Crippen LogP contribution in [0.5, 0.6) is 5.75 Å². The molecule has 36 heavy (non-hydrogen) atoms. The Bertz CT molecular complexity index is 1300. The monoisotopic (exact) mass is 510 g/mol. The number of carbonyl (C=O) groups is 2. The molecule has 0 unspecified atom stereocenters. The third kappa shape index (κ3) is 4.29. The third-order valence-corrected chi connectivity index (χ3v) is 10.3. The van der Waals surface area contributed by atoms with Crippen molar-refractivity contribution in [3.63, 3.8) is 0 Å². The molecule has 0 spiro atoms. The van der Waals surface area contributed by atoms with E-state index in [2.05, 4.69) is 5.32 Å². The van der Waals surface area contributed by atoms with Crippen LogP contribution in [0.3, 0.4) is 0 Å². The van der Waals surface area contributed by atoms with Crippen LogP contribution < -0.4 is 14.4 Å². The number of nitrogens with zero attached hydrogens (tertiary/aromatic N) is 1. The number of esters is 1. The van der Waals surface area contributed by atoms with Crippen molar-refractivity contribution in [2.24, 2.45) is 17.3 Å². The number of hydrogen-bond acceptors (Lipinski definition) is 5. The summed E-state index contributed by atoms with van der Waals surface area (Å²) in [5, 5.41) is 3.18. The van der Waals surface area contributed by atoms with Crippen LogP contribution in [0.4, 0.5) is 5.69 Å². The Labute approximate surface area is 213 Å². The highest BCUT2D eigenvalue weighted by atomic mass is 32.2. The fourth-order valence-corrected chi connectivity index (χ4v) is 8.74. The molecular formula is C28H34N2O5S. The van der Waals surface area contributed by atoms with E-state index in [4.69, 9.17) is 4.74 Å². The smallest absolute Gasteiger partial charge is 0.317 e. The topological polar surface area (TPSA) is 92.8 Å². The molecular weight excluding hydrogens is 476 g/mol. The summed E-state index contributed by atoms with van der Waals surface area (Å²) >= 11 is 0. The van der Waals surface area contributed by atoms with E-state index in [1.54, 1.807) is 50.2 Å². The van der Waals surface area contributed by atoms with Gasteiger partial charge in [-0.25, -0.2) is 8.42 Å². The number of sulfonamides is 1. The minimum absolute atomic E-state index is 0.0454. The molecule has 2 aromatic carbocycles. The molecule has 0 radical (unpaired) electrons. The lowest BCUT2D eigenvalue weighted by Crippen LogP contribution is -2.65. The van der Waals surface area contributed by atoms with Gasteiger partial charge >= 0.3 is 5.97 Å². The zero-order valence-electron chi connectivity index (χ0n) is 21.3. The molecule has 4 fully saturated rings. The van der Waals surface area contributed by atoms with E-state index in [1.165, 1.54) is 11.4 Å². The van der Waals surface area contributed by atoms with Crippen molar-refractivity contribution < 1.29 is 22.7 Å². The predicted molar refractivity (Wildman–Crippen MR) is 137 cm³/mol. The van der Waals surface area contributed by atoms with Crippen molar-refractivity contribution in [3.05, 3.63) is 53.6 Å². The largest absolute Gasteiger partial charge is 0.426 e. The molecule has 4 aliphatic carbocycles. The minimum Gasteiger partial charge on any atom is -0.426 e. The van der Waals surface area contributed by atoms with Crippen LogP contribution in [0.2, 0.25) is 0 Å². The van der Waals surface area contributed by atoms with Gasteiger partial charge in [0.2, 0.25) is 5.91 Å². The molecule has 0 aromatic heterocycles. The molecule has 2 atom stereocenters. The van der Waals surface area contributed by atoms with Crippen molar-refractivity contribution in [3.8, 4) is 5.75 Å². The third-order valence-electron chi connectivity index (χ3n) is 8.33. The highest BCUT2D eigenvalue weighted by Gasteiger charge is 2.61. The Morgan fingerprint density at radius 1 is 1.00 bits per heavy atom. The summed E-state index contributed by atoms with van der Waals surface area (Å²) in [6.45, 7) is 5.19. The van der Waals surface area contributed by atoms with Gasteiger partial charge in [-0.1, -0.05) is 12.1 Å². The Morgan fingerprint density at radius 3 is 2.25 bits per heavy atom. The molecule has 4 aliphatic rings. The van der Waals surface area contributed by atoms with Gasteiger partial charge in [-0.15, -0.1) is 0 Å². The zero-order chi connectivity index (χ0) is 25.9. The summed E-state index contributed by atoms with van der Waals surface area (Å²) in [6.07, 6.45) is 5.23. The van der Waals surface area contributed by atoms with Crippen LogP contribution in [0.25, 0.3) is 0 Å². The summed E-state index contributed by atoms with van der Waals surface area (Å²) in [5.41, 5.74) is 1.16. The zero-order valence-corrected chi connectivity index (χ0v) is 22.2. The number of ether oxygens (including phenoxy) is 1. The van der Waals surface area contributed by atoms with Gasteiger partial charge in [0.1, 0.15) is 5.75 Å². The molecule has 7 nitrogen and oxygen atoms in total. The van der Waals surface area contributed by atoms with Crippen molar-refractivity contribution >= 4 is 27.6 Å². The first-order chi connectivity index (χ1) is 16.9. The second-order valence-corrected chi connectivity index (χ2v) is 13.3. The lowest BCUT2D eigenvalue weighted by molar-refractivity contribution is -0.166. The van der Waals surface area contributed by atoms with E-state index in [0.717, 1.165) is 37.7 Å². The molecule has 8 heteroatoms. The van der Waals surface area contributed by atoms with Gasteiger partial charge in [-0.05, 0) is 106 Å². The average molecular weight is 511 g/mol. The van der Waals surface area contributed by atoms with E-state index in [0.29, 0.717) is 35.3 Å². The molecule has 1 N–H and O–H groups in total. The second-order valence-electron chi connectivity index (χ2n) is 11.3. The second kappa shape index (κ2) is 8.61. The summed E-state index contributed by atoms with van der Waals surface area (Å²) in [6, 6.07) is 12.0. The van der Waals surface area contributed by atoms with Crippen LogP contribution in [0.1, 0.15) is 56.6 Å². The van der Waals surface area contributed by atoms with E-state index < -0.39 is 15.4 Å². The van der Waals surface area contributed by atoms with Gasteiger partial charge in [0.15, 0.2) is 0 Å². The van der Waals surface area contributed by atoms with Gasteiger partial charge in [0.25, 0.3) is 10.0 Å². The van der Waals surface area contributed by atoms with Crippen molar-refractivity contribution in [1.29, 1.82) is 0 Å². The number of benzene rings is 2. The molecule has 0 heterocycles. The Morgan fingerprint density at radius 2 is 1.64 bits per heavy atom. The Hall–Kier alpha value is -2.87. The van der Waals surface area contributed by atoms with Gasteiger partial charge in [0, 0.05) is 19.5 Å². The number of anilines is 1. The molecule has 4 saturated carbocycles. The van der Waals surface area contributed by atoms with Crippen LogP contribution >= 0.6 is 0 Å². The molecule has 192 valence electrons. The fraction of sp³-hybridized carbons (Fsp3) is 0.500. The predicted octanol–water partition coefficient (Wildman–Crippen LogP) is 4.51. The number of nitrogens with one attached hydrogen (secondary N) is 1. The molecule has 0 aliphatic heterocycles. The summed E-state index contributed by atoms with van der Waals surface area (Å²) < 4.78 is 33.6. The van der Waals surface area contributed by atoms with Gasteiger partial charge in [0.05, 0.1) is 16.0 Å². The number of hydrogen-bond donors (Lipinski definition) is 1. The Kier molecular flexibility index (Phi) is 5.93. The lowest BCUT2D eigenvalue weighted by Gasteiger charge is -2.60. The Balaban J connectivity index is 1.33. The van der Waals surface area contributed by atoms with Crippen LogP contribution in [0, 0.1) is 31.1 Å². The normalized spacial score (nSPS) is 28.6. The number of rotatable bonds is 6. The molecule has 4 bridgehead atoms. The van der Waals surface area contributed by atoms with E-state index in [-0.39, 0.29) is 22.3 Å². The first-order valence-corrected chi connectivity index (χ1v) is 14.0. The van der Waals surface area contributed by atoms with Gasteiger partial charge in [-0.3, -0.25) is 13.9 Å². The first-order valence-electron chi connectivity index (χ1n) is 12.6. The SMILES string of the molecule is CC(=O)NC12C[C@@H]3C[C@@H](C1)CC(C(=O)Oc1ccc(N(C)S(=O)(=O)c4cc(C)ccc4C)cc1)(C3)C2. The maximum Gasteiger partial charge on any atom is 0.317 e.